The Morgan fingerprint density at radius 2 is 2.05 bits per heavy atom. The van der Waals surface area contributed by atoms with Crippen LogP contribution in [0.2, 0.25) is 5.02 Å². The van der Waals surface area contributed by atoms with Gasteiger partial charge in [-0.15, -0.1) is 11.3 Å². The van der Waals surface area contributed by atoms with Crippen molar-refractivity contribution in [1.82, 2.24) is 14.8 Å². The van der Waals surface area contributed by atoms with E-state index in [0.717, 1.165) is 28.0 Å². The van der Waals surface area contributed by atoms with Crippen LogP contribution < -0.4 is 5.32 Å². The Bertz CT molecular complexity index is 651. The first-order chi connectivity index (χ1) is 10.8. The number of nitrogens with zero attached hydrogens (tertiary/aromatic N) is 3. The molecule has 22 heavy (non-hydrogen) atoms. The fourth-order valence-corrected chi connectivity index (χ4v) is 4.22. The van der Waals surface area contributed by atoms with Gasteiger partial charge in [-0.05, 0) is 6.07 Å². The fourth-order valence-electron chi connectivity index (χ4n) is 3.27. The quantitative estimate of drug-likeness (QED) is 0.931. The SMILES string of the molecule is Clc1ccccc1-c1csc(NCC2CN3CCN2CC3)n1. The number of halogens is 1. The van der Waals surface area contributed by atoms with E-state index in [1.807, 2.05) is 24.3 Å². The number of hydrogen-bond donors (Lipinski definition) is 1. The summed E-state index contributed by atoms with van der Waals surface area (Å²) in [5.74, 6) is 0. The van der Waals surface area contributed by atoms with Gasteiger partial charge in [0.05, 0.1) is 5.69 Å². The molecule has 0 amide bonds. The largest absolute Gasteiger partial charge is 0.360 e. The van der Waals surface area contributed by atoms with Crippen LogP contribution >= 0.6 is 22.9 Å². The smallest absolute Gasteiger partial charge is 0.183 e. The van der Waals surface area contributed by atoms with Crippen molar-refractivity contribution in [2.75, 3.05) is 44.6 Å². The maximum absolute atomic E-state index is 6.24. The third kappa shape index (κ3) is 2.86. The van der Waals surface area contributed by atoms with E-state index in [0.29, 0.717) is 6.04 Å². The van der Waals surface area contributed by atoms with Gasteiger partial charge in [0.2, 0.25) is 0 Å². The molecule has 1 atom stereocenters. The van der Waals surface area contributed by atoms with E-state index in [4.69, 9.17) is 11.6 Å². The van der Waals surface area contributed by atoms with E-state index in [2.05, 4.69) is 25.5 Å². The van der Waals surface area contributed by atoms with Crippen LogP contribution in [0.15, 0.2) is 29.6 Å². The lowest BCUT2D eigenvalue weighted by atomic mass is 10.1. The zero-order chi connectivity index (χ0) is 14.9. The molecule has 3 saturated heterocycles. The van der Waals surface area contributed by atoms with E-state index in [1.165, 1.54) is 32.7 Å². The van der Waals surface area contributed by atoms with Gasteiger partial charge in [0, 0.05) is 61.3 Å². The van der Waals surface area contributed by atoms with Gasteiger partial charge in [-0.3, -0.25) is 9.80 Å². The Labute approximate surface area is 139 Å². The molecule has 1 unspecified atom stereocenters. The van der Waals surface area contributed by atoms with Crippen molar-refractivity contribution in [3.8, 4) is 11.3 Å². The second kappa shape index (κ2) is 6.16. The average Bonchev–Trinajstić information content (AvgIpc) is 3.03. The monoisotopic (exact) mass is 334 g/mol. The maximum Gasteiger partial charge on any atom is 0.183 e. The molecule has 0 spiro atoms. The Morgan fingerprint density at radius 1 is 1.23 bits per heavy atom. The molecule has 3 aliphatic rings. The molecular weight excluding hydrogens is 316 g/mol. The van der Waals surface area contributed by atoms with E-state index in [9.17, 15) is 0 Å². The topological polar surface area (TPSA) is 31.4 Å². The second-order valence-corrected chi connectivity index (χ2v) is 7.15. The van der Waals surface area contributed by atoms with Crippen molar-refractivity contribution in [2.45, 2.75) is 6.04 Å². The molecule has 1 aromatic heterocycles. The summed E-state index contributed by atoms with van der Waals surface area (Å²) in [6, 6.07) is 8.47. The summed E-state index contributed by atoms with van der Waals surface area (Å²) in [6.45, 7) is 7.00. The lowest BCUT2D eigenvalue weighted by Gasteiger charge is -2.47. The fraction of sp³-hybridized carbons (Fsp3) is 0.438. The van der Waals surface area contributed by atoms with Gasteiger partial charge in [0.25, 0.3) is 0 Å². The summed E-state index contributed by atoms with van der Waals surface area (Å²) in [7, 11) is 0. The van der Waals surface area contributed by atoms with Crippen LogP contribution in [0.3, 0.4) is 0 Å². The van der Waals surface area contributed by atoms with Crippen molar-refractivity contribution >= 4 is 28.1 Å². The first-order valence-electron chi connectivity index (χ1n) is 7.70. The van der Waals surface area contributed by atoms with Crippen molar-refractivity contribution in [3.05, 3.63) is 34.7 Å². The van der Waals surface area contributed by atoms with Crippen LogP contribution in [-0.2, 0) is 0 Å². The summed E-state index contributed by atoms with van der Waals surface area (Å²) in [5, 5.41) is 7.31. The Balaban J connectivity index is 1.41. The van der Waals surface area contributed by atoms with Crippen LogP contribution in [0.1, 0.15) is 0 Å². The van der Waals surface area contributed by atoms with Gasteiger partial charge >= 0.3 is 0 Å². The number of thiazole rings is 1. The number of piperazine rings is 3. The third-order valence-electron chi connectivity index (χ3n) is 4.54. The van der Waals surface area contributed by atoms with E-state index < -0.39 is 0 Å². The molecule has 0 saturated carbocycles. The van der Waals surface area contributed by atoms with Crippen LogP contribution in [0.5, 0.6) is 0 Å². The number of hydrogen-bond acceptors (Lipinski definition) is 5. The highest BCUT2D eigenvalue weighted by atomic mass is 35.5. The average molecular weight is 335 g/mol. The number of rotatable bonds is 4. The Morgan fingerprint density at radius 3 is 2.77 bits per heavy atom. The second-order valence-electron chi connectivity index (χ2n) is 5.89. The van der Waals surface area contributed by atoms with Crippen LogP contribution in [0.25, 0.3) is 11.3 Å². The summed E-state index contributed by atoms with van der Waals surface area (Å²) in [4.78, 5) is 9.83. The van der Waals surface area contributed by atoms with Crippen molar-refractivity contribution in [1.29, 1.82) is 0 Å². The van der Waals surface area contributed by atoms with Gasteiger partial charge < -0.3 is 5.32 Å². The molecule has 6 heteroatoms. The predicted molar refractivity (Wildman–Crippen MR) is 92.9 cm³/mol. The van der Waals surface area contributed by atoms with Crippen molar-refractivity contribution in [3.63, 3.8) is 0 Å². The van der Waals surface area contributed by atoms with Crippen molar-refractivity contribution in [2.24, 2.45) is 0 Å². The minimum Gasteiger partial charge on any atom is -0.360 e. The number of benzene rings is 1. The first-order valence-corrected chi connectivity index (χ1v) is 8.96. The van der Waals surface area contributed by atoms with Gasteiger partial charge in [-0.25, -0.2) is 4.98 Å². The van der Waals surface area contributed by atoms with Crippen LogP contribution in [0.4, 0.5) is 5.13 Å². The minimum absolute atomic E-state index is 0.607. The molecule has 3 aliphatic heterocycles. The van der Waals surface area contributed by atoms with Gasteiger partial charge in [-0.2, -0.15) is 0 Å². The zero-order valence-corrected chi connectivity index (χ0v) is 13.9. The zero-order valence-electron chi connectivity index (χ0n) is 12.3. The number of anilines is 1. The molecule has 2 aromatic rings. The lowest BCUT2D eigenvalue weighted by molar-refractivity contribution is 0.0189. The maximum atomic E-state index is 6.24. The van der Waals surface area contributed by atoms with Crippen LogP contribution in [-0.4, -0.2) is 60.1 Å². The molecule has 4 nitrogen and oxygen atoms in total. The summed E-state index contributed by atoms with van der Waals surface area (Å²) >= 11 is 7.89. The molecular formula is C16H19ClN4S. The molecule has 1 aromatic carbocycles. The van der Waals surface area contributed by atoms with Crippen molar-refractivity contribution < 1.29 is 0 Å². The summed E-state index contributed by atoms with van der Waals surface area (Å²) in [6.07, 6.45) is 0. The molecule has 5 rings (SSSR count). The number of fused-ring (bicyclic) bond motifs is 3. The molecule has 3 fully saturated rings. The van der Waals surface area contributed by atoms with Gasteiger partial charge in [0.15, 0.2) is 5.13 Å². The van der Waals surface area contributed by atoms with Gasteiger partial charge in [-0.1, -0.05) is 29.8 Å². The first kappa shape index (κ1) is 14.5. The van der Waals surface area contributed by atoms with E-state index in [1.54, 1.807) is 11.3 Å². The summed E-state index contributed by atoms with van der Waals surface area (Å²) < 4.78 is 0. The highest BCUT2D eigenvalue weighted by Gasteiger charge is 2.31. The van der Waals surface area contributed by atoms with Crippen LogP contribution in [0, 0.1) is 0 Å². The standard InChI is InChI=1S/C16H19ClN4S/c17-14-4-2-1-3-13(14)15-11-22-16(19-15)18-9-12-10-20-5-7-21(12)8-6-20/h1-4,11-12H,5-10H2,(H,18,19). The highest BCUT2D eigenvalue weighted by Crippen LogP contribution is 2.30. The Hall–Kier alpha value is -1.14. The molecule has 4 heterocycles. The van der Waals surface area contributed by atoms with E-state index >= 15 is 0 Å². The minimum atomic E-state index is 0.607. The normalized spacial score (nSPS) is 27.0. The third-order valence-corrected chi connectivity index (χ3v) is 5.66. The number of aromatic nitrogens is 1. The molecule has 1 N–H and O–H groups in total. The molecule has 116 valence electrons. The molecule has 2 bridgehead atoms. The van der Waals surface area contributed by atoms with E-state index in [-0.39, 0.29) is 0 Å². The molecule has 0 aliphatic carbocycles. The Kier molecular flexibility index (Phi) is 4.05. The van der Waals surface area contributed by atoms with Gasteiger partial charge in [0.1, 0.15) is 0 Å². The number of nitrogens with one attached hydrogen (secondary N) is 1. The predicted octanol–water partition coefficient (Wildman–Crippen LogP) is 2.88. The highest BCUT2D eigenvalue weighted by molar-refractivity contribution is 7.14. The molecule has 0 radical (unpaired) electrons. The lowest BCUT2D eigenvalue weighted by Crippen LogP contribution is -2.62. The summed E-state index contributed by atoms with van der Waals surface area (Å²) in [5.41, 5.74) is 1.95.